The fourth-order valence-corrected chi connectivity index (χ4v) is 4.62. The van der Waals surface area contributed by atoms with Crippen LogP contribution in [0.5, 0.6) is 0 Å². The molecule has 32 heavy (non-hydrogen) atoms. The predicted octanol–water partition coefficient (Wildman–Crippen LogP) is 4.54. The smallest absolute Gasteiger partial charge is 0.228 e. The second-order valence-corrected chi connectivity index (χ2v) is 8.39. The molecule has 5 rings (SSSR count). The largest absolute Gasteiger partial charge is 0.398 e. The Bertz CT molecular complexity index is 1300. The second-order valence-electron chi connectivity index (χ2n) is 8.39. The van der Waals surface area contributed by atoms with Crippen LogP contribution in [0.3, 0.4) is 0 Å². The number of hydrogen-bond acceptors (Lipinski definition) is 5. The first-order valence-corrected chi connectivity index (χ1v) is 10.7. The van der Waals surface area contributed by atoms with Crippen molar-refractivity contribution in [3.63, 3.8) is 0 Å². The van der Waals surface area contributed by atoms with Crippen molar-refractivity contribution < 1.29 is 4.79 Å². The maximum absolute atomic E-state index is 11.7. The number of nitriles is 1. The van der Waals surface area contributed by atoms with Gasteiger partial charge in [-0.1, -0.05) is 18.2 Å². The van der Waals surface area contributed by atoms with Crippen molar-refractivity contribution in [1.29, 1.82) is 10.7 Å². The molecular weight excluding hydrogens is 398 g/mol. The number of amides is 1. The molecule has 0 bridgehead atoms. The van der Waals surface area contributed by atoms with Gasteiger partial charge in [0.05, 0.1) is 29.8 Å². The molecular formula is C26H23N5O. The van der Waals surface area contributed by atoms with Crippen molar-refractivity contribution in [1.82, 2.24) is 0 Å². The molecule has 1 amide bonds. The number of nitrogens with one attached hydrogen (secondary N) is 3. The Morgan fingerprint density at radius 2 is 2.00 bits per heavy atom. The highest BCUT2D eigenvalue weighted by molar-refractivity contribution is 6.15. The lowest BCUT2D eigenvalue weighted by Gasteiger charge is -2.28. The van der Waals surface area contributed by atoms with E-state index in [9.17, 15) is 10.1 Å². The summed E-state index contributed by atoms with van der Waals surface area (Å²) in [6.45, 7) is 0. The molecule has 0 fully saturated rings. The molecule has 5 N–H and O–H groups in total. The van der Waals surface area contributed by atoms with Crippen LogP contribution in [-0.2, 0) is 17.6 Å². The van der Waals surface area contributed by atoms with Crippen LogP contribution in [0.15, 0.2) is 54.6 Å². The third-order valence-corrected chi connectivity index (χ3v) is 6.27. The number of fused-ring (bicyclic) bond motifs is 2. The van der Waals surface area contributed by atoms with Crippen LogP contribution in [0, 0.1) is 16.7 Å². The van der Waals surface area contributed by atoms with Crippen molar-refractivity contribution in [3.8, 4) is 6.07 Å². The quantitative estimate of drug-likeness (QED) is 0.366. The standard InChI is InChI=1S/C26H23N5O/c27-14-15-4-8-20-16(10-15)2-1-3-23(20)30-19-7-9-22(28)21(13-19)26(29)18-6-5-17-12-25(32)31-24(17)11-18/h4-11,13,23,29-30H,1-3,12,28H2,(H,31,32). The minimum Gasteiger partial charge on any atom is -0.398 e. The minimum atomic E-state index is -0.0240. The first kappa shape index (κ1) is 19.8. The maximum Gasteiger partial charge on any atom is 0.228 e. The molecule has 0 radical (unpaired) electrons. The normalized spacial score (nSPS) is 16.5. The lowest BCUT2D eigenvalue weighted by atomic mass is 9.86. The Balaban J connectivity index is 1.42. The van der Waals surface area contributed by atoms with E-state index < -0.39 is 0 Å². The number of carbonyl (C=O) groups is 1. The second kappa shape index (κ2) is 7.86. The average molecular weight is 422 g/mol. The molecule has 0 aromatic heterocycles. The number of rotatable bonds is 4. The van der Waals surface area contributed by atoms with Crippen LogP contribution in [0.2, 0.25) is 0 Å². The van der Waals surface area contributed by atoms with Gasteiger partial charge in [-0.25, -0.2) is 0 Å². The molecule has 1 aliphatic carbocycles. The highest BCUT2D eigenvalue weighted by atomic mass is 16.1. The lowest BCUT2D eigenvalue weighted by molar-refractivity contribution is -0.115. The SMILES string of the molecule is N#Cc1ccc2c(c1)CCCC2Nc1ccc(N)c(C(=N)c2ccc3c(c2)NC(=O)C3)c1. The summed E-state index contributed by atoms with van der Waals surface area (Å²) in [6, 6.07) is 19.5. The summed E-state index contributed by atoms with van der Waals surface area (Å²) >= 11 is 0. The average Bonchev–Trinajstić information content (AvgIpc) is 3.18. The zero-order valence-electron chi connectivity index (χ0n) is 17.5. The zero-order chi connectivity index (χ0) is 22.2. The number of benzene rings is 3. The number of aryl methyl sites for hydroxylation is 1. The van der Waals surface area contributed by atoms with E-state index in [2.05, 4.69) is 16.7 Å². The van der Waals surface area contributed by atoms with Gasteiger partial charge in [0.25, 0.3) is 0 Å². The Labute approximate surface area is 186 Å². The van der Waals surface area contributed by atoms with Gasteiger partial charge >= 0.3 is 0 Å². The Kier molecular flexibility index (Phi) is 4.87. The zero-order valence-corrected chi connectivity index (χ0v) is 17.5. The van der Waals surface area contributed by atoms with E-state index in [0.717, 1.165) is 36.2 Å². The molecule has 0 saturated heterocycles. The number of nitrogens with zero attached hydrogens (tertiary/aromatic N) is 1. The number of anilines is 3. The van der Waals surface area contributed by atoms with Crippen LogP contribution in [-0.4, -0.2) is 11.6 Å². The predicted molar refractivity (Wildman–Crippen MR) is 126 cm³/mol. The lowest BCUT2D eigenvalue weighted by Crippen LogP contribution is -2.18. The van der Waals surface area contributed by atoms with Crippen LogP contribution >= 0.6 is 0 Å². The Hall–Kier alpha value is -4.11. The van der Waals surface area contributed by atoms with Crippen molar-refractivity contribution >= 4 is 28.7 Å². The van der Waals surface area contributed by atoms with Crippen molar-refractivity contribution in [2.75, 3.05) is 16.4 Å². The summed E-state index contributed by atoms with van der Waals surface area (Å²) in [5.74, 6) is -0.0240. The minimum absolute atomic E-state index is 0.0240. The van der Waals surface area contributed by atoms with Gasteiger partial charge in [-0.3, -0.25) is 10.2 Å². The van der Waals surface area contributed by atoms with Crippen molar-refractivity contribution in [3.05, 3.63) is 88.0 Å². The first-order valence-electron chi connectivity index (χ1n) is 10.7. The third kappa shape index (κ3) is 3.58. The van der Waals surface area contributed by atoms with Crippen LogP contribution < -0.4 is 16.4 Å². The number of nitrogens with two attached hydrogens (primary N) is 1. The molecule has 3 aromatic carbocycles. The molecule has 1 aliphatic heterocycles. The molecule has 2 aliphatic rings. The summed E-state index contributed by atoms with van der Waals surface area (Å²) in [5.41, 5.74) is 14.2. The van der Waals surface area contributed by atoms with Crippen molar-refractivity contribution in [2.45, 2.75) is 31.7 Å². The molecule has 3 aromatic rings. The Morgan fingerprint density at radius 3 is 2.84 bits per heavy atom. The molecule has 6 nitrogen and oxygen atoms in total. The fourth-order valence-electron chi connectivity index (χ4n) is 4.62. The van der Waals surface area contributed by atoms with Crippen molar-refractivity contribution in [2.24, 2.45) is 0 Å². The van der Waals surface area contributed by atoms with Crippen LogP contribution in [0.1, 0.15) is 52.3 Å². The first-order chi connectivity index (χ1) is 15.5. The highest BCUT2D eigenvalue weighted by Gasteiger charge is 2.22. The summed E-state index contributed by atoms with van der Waals surface area (Å²) in [7, 11) is 0. The van der Waals surface area contributed by atoms with E-state index in [0.29, 0.717) is 34.5 Å². The van der Waals surface area contributed by atoms with Gasteiger partial charge in [0.15, 0.2) is 0 Å². The van der Waals surface area contributed by atoms with E-state index in [-0.39, 0.29) is 11.9 Å². The molecule has 0 spiro atoms. The summed E-state index contributed by atoms with van der Waals surface area (Å²) in [6.07, 6.45) is 3.41. The molecule has 1 atom stereocenters. The third-order valence-electron chi connectivity index (χ3n) is 6.27. The number of nitrogen functional groups attached to an aromatic ring is 1. The van der Waals surface area contributed by atoms with Gasteiger partial charge in [0.1, 0.15) is 0 Å². The van der Waals surface area contributed by atoms with E-state index in [1.54, 1.807) is 0 Å². The van der Waals surface area contributed by atoms with E-state index in [4.69, 9.17) is 11.1 Å². The molecule has 1 heterocycles. The summed E-state index contributed by atoms with van der Waals surface area (Å²) < 4.78 is 0. The van der Waals surface area contributed by atoms with Crippen LogP contribution in [0.4, 0.5) is 17.1 Å². The number of carbonyl (C=O) groups excluding carboxylic acids is 1. The van der Waals surface area contributed by atoms with E-state index in [1.807, 2.05) is 54.6 Å². The van der Waals surface area contributed by atoms with Gasteiger partial charge in [0.2, 0.25) is 5.91 Å². The summed E-state index contributed by atoms with van der Waals surface area (Å²) in [4.78, 5) is 11.7. The summed E-state index contributed by atoms with van der Waals surface area (Å²) in [5, 5.41) is 24.4. The van der Waals surface area contributed by atoms with Gasteiger partial charge < -0.3 is 16.4 Å². The van der Waals surface area contributed by atoms with Gasteiger partial charge in [-0.05, 0) is 72.4 Å². The van der Waals surface area contributed by atoms with Gasteiger partial charge in [-0.2, -0.15) is 5.26 Å². The molecule has 0 saturated carbocycles. The van der Waals surface area contributed by atoms with Gasteiger partial charge in [0, 0.05) is 28.2 Å². The monoisotopic (exact) mass is 421 g/mol. The van der Waals surface area contributed by atoms with E-state index in [1.165, 1.54) is 11.1 Å². The topological polar surface area (TPSA) is 115 Å². The molecule has 6 heteroatoms. The van der Waals surface area contributed by atoms with E-state index >= 15 is 0 Å². The van der Waals surface area contributed by atoms with Crippen LogP contribution in [0.25, 0.3) is 0 Å². The molecule has 158 valence electrons. The van der Waals surface area contributed by atoms with Gasteiger partial charge in [-0.15, -0.1) is 0 Å². The Morgan fingerprint density at radius 1 is 1.12 bits per heavy atom. The molecule has 1 unspecified atom stereocenters. The fraction of sp³-hybridized carbons (Fsp3) is 0.192. The maximum atomic E-state index is 11.7. The highest BCUT2D eigenvalue weighted by Crippen LogP contribution is 2.34. The number of hydrogen-bond donors (Lipinski definition) is 4.